The van der Waals surface area contributed by atoms with Crippen LogP contribution in [-0.2, 0) is 11.3 Å². The molecule has 1 aromatic heterocycles. The van der Waals surface area contributed by atoms with Crippen LogP contribution in [0, 0.1) is 11.3 Å². The lowest BCUT2D eigenvalue weighted by atomic mass is 10.1. The summed E-state index contributed by atoms with van der Waals surface area (Å²) in [5.74, 6) is 0. The van der Waals surface area contributed by atoms with Crippen molar-refractivity contribution < 1.29 is 4.74 Å². The summed E-state index contributed by atoms with van der Waals surface area (Å²) in [4.78, 5) is 18.7. The zero-order chi connectivity index (χ0) is 14.5. The summed E-state index contributed by atoms with van der Waals surface area (Å²) >= 11 is 1.33. The number of ether oxygens (including phenoxy) is 1. The Morgan fingerprint density at radius 3 is 2.65 bits per heavy atom. The molecule has 0 amide bonds. The highest BCUT2D eigenvalue weighted by Gasteiger charge is 2.12. The Balaban J connectivity index is 2.53. The maximum absolute atomic E-state index is 11.8. The number of H-pyrrole nitrogens is 1. The van der Waals surface area contributed by atoms with Crippen LogP contribution >= 0.6 is 11.8 Å². The number of nitriles is 1. The second-order valence-electron chi connectivity index (χ2n) is 4.04. The van der Waals surface area contributed by atoms with Gasteiger partial charge in [-0.1, -0.05) is 36.0 Å². The number of hydrogen-bond acceptors (Lipinski definition) is 5. The molecule has 0 aliphatic heterocycles. The van der Waals surface area contributed by atoms with Gasteiger partial charge in [-0.2, -0.15) is 5.26 Å². The number of rotatable bonds is 4. The molecule has 0 spiro atoms. The first kappa shape index (κ1) is 14.3. The number of aromatic amines is 1. The van der Waals surface area contributed by atoms with Gasteiger partial charge < -0.3 is 9.72 Å². The van der Waals surface area contributed by atoms with Gasteiger partial charge in [-0.25, -0.2) is 4.98 Å². The topological polar surface area (TPSA) is 78.8 Å². The molecule has 5 nitrogen and oxygen atoms in total. The Morgan fingerprint density at radius 2 is 2.10 bits per heavy atom. The van der Waals surface area contributed by atoms with Gasteiger partial charge in [0.1, 0.15) is 11.6 Å². The monoisotopic (exact) mass is 287 g/mol. The van der Waals surface area contributed by atoms with Crippen molar-refractivity contribution in [2.75, 3.05) is 13.4 Å². The third-order valence-electron chi connectivity index (χ3n) is 2.74. The second kappa shape index (κ2) is 6.37. The SMILES string of the molecule is COCc1ccc(-c2nc(SC)[nH]c(=O)c2C#N)cc1. The smallest absolute Gasteiger partial charge is 0.270 e. The lowest BCUT2D eigenvalue weighted by molar-refractivity contribution is 0.185. The number of methoxy groups -OCH3 is 1. The Labute approximate surface area is 120 Å². The van der Waals surface area contributed by atoms with Crippen molar-refractivity contribution in [2.45, 2.75) is 11.8 Å². The molecular weight excluding hydrogens is 274 g/mol. The van der Waals surface area contributed by atoms with Gasteiger partial charge in [0.25, 0.3) is 5.56 Å². The number of thioether (sulfide) groups is 1. The fourth-order valence-electron chi connectivity index (χ4n) is 1.79. The van der Waals surface area contributed by atoms with Crippen LogP contribution < -0.4 is 5.56 Å². The standard InChI is InChI=1S/C14H13N3O2S/c1-19-8-9-3-5-10(6-4-9)12-11(7-15)13(18)17-14(16-12)20-2/h3-6H,8H2,1-2H3,(H,16,17,18). The van der Waals surface area contributed by atoms with Crippen LogP contribution in [0.15, 0.2) is 34.2 Å². The van der Waals surface area contributed by atoms with E-state index in [1.54, 1.807) is 7.11 Å². The number of nitrogens with zero attached hydrogens (tertiary/aromatic N) is 2. The molecule has 2 aromatic rings. The molecule has 0 bridgehead atoms. The number of nitrogens with one attached hydrogen (secondary N) is 1. The zero-order valence-electron chi connectivity index (χ0n) is 11.1. The van der Waals surface area contributed by atoms with E-state index in [1.807, 2.05) is 36.6 Å². The highest BCUT2D eigenvalue weighted by molar-refractivity contribution is 7.98. The molecule has 0 aliphatic rings. The Hall–Kier alpha value is -2.10. The van der Waals surface area contributed by atoms with Crippen LogP contribution in [0.5, 0.6) is 0 Å². The summed E-state index contributed by atoms with van der Waals surface area (Å²) in [7, 11) is 1.63. The van der Waals surface area contributed by atoms with Crippen LogP contribution in [0.3, 0.4) is 0 Å². The van der Waals surface area contributed by atoms with Crippen molar-refractivity contribution in [1.82, 2.24) is 9.97 Å². The molecule has 1 heterocycles. The Morgan fingerprint density at radius 1 is 1.40 bits per heavy atom. The molecule has 20 heavy (non-hydrogen) atoms. The molecule has 6 heteroatoms. The molecule has 1 N–H and O–H groups in total. The first-order valence-corrected chi connectivity index (χ1v) is 7.08. The minimum atomic E-state index is -0.414. The van der Waals surface area contributed by atoms with Gasteiger partial charge in [0, 0.05) is 12.7 Å². The van der Waals surface area contributed by atoms with E-state index in [2.05, 4.69) is 9.97 Å². The highest BCUT2D eigenvalue weighted by atomic mass is 32.2. The van der Waals surface area contributed by atoms with E-state index in [1.165, 1.54) is 11.8 Å². The van der Waals surface area contributed by atoms with Gasteiger partial charge in [-0.15, -0.1) is 0 Å². The number of aromatic nitrogens is 2. The highest BCUT2D eigenvalue weighted by Crippen LogP contribution is 2.21. The van der Waals surface area contributed by atoms with Crippen molar-refractivity contribution in [3.8, 4) is 17.3 Å². The Bertz CT molecular complexity index is 702. The van der Waals surface area contributed by atoms with Gasteiger partial charge in [0.15, 0.2) is 5.16 Å². The predicted octanol–water partition coefficient (Wildman–Crippen LogP) is 2.18. The second-order valence-corrected chi connectivity index (χ2v) is 4.84. The summed E-state index contributed by atoms with van der Waals surface area (Å²) in [6.07, 6.45) is 1.82. The average Bonchev–Trinajstić information content (AvgIpc) is 2.47. The van der Waals surface area contributed by atoms with Crippen molar-refractivity contribution in [2.24, 2.45) is 0 Å². The maximum atomic E-state index is 11.8. The molecule has 0 radical (unpaired) electrons. The third kappa shape index (κ3) is 2.90. The first-order valence-electron chi connectivity index (χ1n) is 5.86. The van der Waals surface area contributed by atoms with Gasteiger partial charge in [0.05, 0.1) is 12.3 Å². The molecule has 2 rings (SSSR count). The Kier molecular flexibility index (Phi) is 4.56. The fourth-order valence-corrected chi connectivity index (χ4v) is 2.16. The van der Waals surface area contributed by atoms with Crippen LogP contribution in [0.4, 0.5) is 0 Å². The summed E-state index contributed by atoms with van der Waals surface area (Å²) in [5.41, 5.74) is 1.78. The van der Waals surface area contributed by atoms with E-state index in [0.717, 1.165) is 11.1 Å². The maximum Gasteiger partial charge on any atom is 0.270 e. The lowest BCUT2D eigenvalue weighted by Gasteiger charge is -2.06. The van der Waals surface area contributed by atoms with Crippen LogP contribution in [0.25, 0.3) is 11.3 Å². The van der Waals surface area contributed by atoms with Crippen LogP contribution in [0.2, 0.25) is 0 Å². The lowest BCUT2D eigenvalue weighted by Crippen LogP contribution is -2.14. The summed E-state index contributed by atoms with van der Waals surface area (Å²) in [5, 5.41) is 9.62. The molecule has 102 valence electrons. The first-order chi connectivity index (χ1) is 9.69. The quantitative estimate of drug-likeness (QED) is 0.688. The summed E-state index contributed by atoms with van der Waals surface area (Å²) < 4.78 is 5.05. The molecule has 0 aliphatic carbocycles. The molecule has 0 saturated heterocycles. The molecule has 0 fully saturated rings. The van der Waals surface area contributed by atoms with Gasteiger partial charge >= 0.3 is 0 Å². The summed E-state index contributed by atoms with van der Waals surface area (Å²) in [6.45, 7) is 0.518. The fraction of sp³-hybridized carbons (Fsp3) is 0.214. The molecule has 0 atom stereocenters. The average molecular weight is 287 g/mol. The zero-order valence-corrected chi connectivity index (χ0v) is 12.0. The van der Waals surface area contributed by atoms with E-state index in [9.17, 15) is 4.79 Å². The molecular formula is C14H13N3O2S. The normalized spacial score (nSPS) is 10.2. The summed E-state index contributed by atoms with van der Waals surface area (Å²) in [6, 6.07) is 9.36. The molecule has 0 saturated carbocycles. The van der Waals surface area contributed by atoms with Crippen molar-refractivity contribution in [3.05, 3.63) is 45.7 Å². The minimum absolute atomic E-state index is 0.0299. The largest absolute Gasteiger partial charge is 0.380 e. The van der Waals surface area contributed by atoms with Gasteiger partial charge in [-0.3, -0.25) is 4.79 Å². The van der Waals surface area contributed by atoms with Crippen molar-refractivity contribution in [1.29, 1.82) is 5.26 Å². The van der Waals surface area contributed by atoms with E-state index >= 15 is 0 Å². The van der Waals surface area contributed by atoms with E-state index in [0.29, 0.717) is 17.5 Å². The van der Waals surface area contributed by atoms with E-state index < -0.39 is 5.56 Å². The van der Waals surface area contributed by atoms with E-state index in [-0.39, 0.29) is 5.56 Å². The number of benzene rings is 1. The minimum Gasteiger partial charge on any atom is -0.380 e. The van der Waals surface area contributed by atoms with Crippen LogP contribution in [-0.4, -0.2) is 23.3 Å². The third-order valence-corrected chi connectivity index (χ3v) is 3.32. The molecule has 1 aromatic carbocycles. The predicted molar refractivity (Wildman–Crippen MR) is 77.5 cm³/mol. The van der Waals surface area contributed by atoms with Crippen molar-refractivity contribution in [3.63, 3.8) is 0 Å². The van der Waals surface area contributed by atoms with Crippen LogP contribution in [0.1, 0.15) is 11.1 Å². The van der Waals surface area contributed by atoms with Gasteiger partial charge in [-0.05, 0) is 11.8 Å². The van der Waals surface area contributed by atoms with Gasteiger partial charge in [0.2, 0.25) is 0 Å². The molecule has 0 unspecified atom stereocenters. The van der Waals surface area contributed by atoms with Crippen molar-refractivity contribution >= 4 is 11.8 Å². The number of hydrogen-bond donors (Lipinski definition) is 1. The van der Waals surface area contributed by atoms with E-state index in [4.69, 9.17) is 10.00 Å².